The molecule has 0 bridgehead atoms. The van der Waals surface area contributed by atoms with Crippen LogP contribution in [0.15, 0.2) is 12.2 Å². The molecule has 8 nitrogen and oxygen atoms in total. The first kappa shape index (κ1) is 43.1. The molecule has 0 spiro atoms. The summed E-state index contributed by atoms with van der Waals surface area (Å²) >= 11 is 0. The summed E-state index contributed by atoms with van der Waals surface area (Å²) in [6.45, 7) is 4.59. The van der Waals surface area contributed by atoms with Crippen LogP contribution in [0.2, 0.25) is 0 Å². The third-order valence-electron chi connectivity index (χ3n) is 8.15. The summed E-state index contributed by atoms with van der Waals surface area (Å²) in [7, 11) is 5.39. The molecule has 0 saturated heterocycles. The van der Waals surface area contributed by atoms with Gasteiger partial charge in [0, 0.05) is 19.3 Å². The van der Waals surface area contributed by atoms with Gasteiger partial charge in [0.15, 0.2) is 6.10 Å². The second-order valence-electron chi connectivity index (χ2n) is 13.5. The van der Waals surface area contributed by atoms with Gasteiger partial charge in [-0.15, -0.1) is 0 Å². The van der Waals surface area contributed by atoms with E-state index in [1.54, 1.807) is 21.1 Å². The van der Waals surface area contributed by atoms with Crippen molar-refractivity contribution in [3.8, 4) is 0 Å². The Morgan fingerprint density at radius 1 is 0.644 bits per heavy atom. The number of aliphatic carboxylic acids is 1. The number of unbranched alkanes of at least 4 members (excludes halogenated alkanes) is 16. The molecular weight excluding hydrogens is 570 g/mol. The molecule has 0 aliphatic heterocycles. The fourth-order valence-electron chi connectivity index (χ4n) is 5.24. The van der Waals surface area contributed by atoms with Gasteiger partial charge < -0.3 is 28.6 Å². The molecule has 0 aliphatic carbocycles. The number of carboxylic acid groups (broad SMARTS) is 1. The van der Waals surface area contributed by atoms with Crippen LogP contribution in [0.1, 0.15) is 155 Å². The molecule has 45 heavy (non-hydrogen) atoms. The lowest BCUT2D eigenvalue weighted by Crippen LogP contribution is -2.55. The lowest BCUT2D eigenvalue weighted by atomic mass is 10.1. The van der Waals surface area contributed by atoms with Gasteiger partial charge in [0.05, 0.1) is 40.3 Å². The maximum Gasteiger partial charge on any atom is 0.306 e. The van der Waals surface area contributed by atoms with Gasteiger partial charge in [-0.2, -0.15) is 0 Å². The first-order chi connectivity index (χ1) is 21.6. The van der Waals surface area contributed by atoms with E-state index in [0.29, 0.717) is 12.8 Å². The molecule has 0 aromatic rings. The predicted molar refractivity (Wildman–Crippen MR) is 181 cm³/mol. The zero-order chi connectivity index (χ0) is 33.6. The van der Waals surface area contributed by atoms with Crippen molar-refractivity contribution in [2.24, 2.45) is 0 Å². The zero-order valence-electron chi connectivity index (χ0n) is 29.8. The molecule has 0 rings (SSSR count). The van der Waals surface area contributed by atoms with Gasteiger partial charge in [0.1, 0.15) is 12.6 Å². The maximum absolute atomic E-state index is 12.5. The molecule has 0 aromatic carbocycles. The van der Waals surface area contributed by atoms with E-state index in [4.69, 9.17) is 14.2 Å². The van der Waals surface area contributed by atoms with Crippen LogP contribution in [-0.4, -0.2) is 75.5 Å². The largest absolute Gasteiger partial charge is 0.544 e. The molecule has 0 N–H and O–H groups in total. The maximum atomic E-state index is 12.5. The number of esters is 2. The number of rotatable bonds is 32. The Hall–Kier alpha value is -1.93. The minimum absolute atomic E-state index is 0.0401. The highest BCUT2D eigenvalue weighted by atomic mass is 16.6. The highest BCUT2D eigenvalue weighted by Gasteiger charge is 2.25. The van der Waals surface area contributed by atoms with Crippen LogP contribution < -0.4 is 5.11 Å². The number of quaternary nitrogens is 1. The van der Waals surface area contributed by atoms with Gasteiger partial charge in [-0.1, -0.05) is 109 Å². The lowest BCUT2D eigenvalue weighted by molar-refractivity contribution is -0.889. The van der Waals surface area contributed by atoms with Crippen molar-refractivity contribution in [2.75, 3.05) is 41.0 Å². The molecule has 0 fully saturated rings. The molecule has 0 amide bonds. The highest BCUT2D eigenvalue weighted by Crippen LogP contribution is 2.13. The Bertz CT molecular complexity index is 762. The summed E-state index contributed by atoms with van der Waals surface area (Å²) in [5, 5.41) is 11.5. The molecule has 2 atom stereocenters. The van der Waals surface area contributed by atoms with Crippen molar-refractivity contribution in [2.45, 2.75) is 167 Å². The van der Waals surface area contributed by atoms with Gasteiger partial charge in [0.25, 0.3) is 0 Å². The van der Waals surface area contributed by atoms with Crippen molar-refractivity contribution < 1.29 is 38.2 Å². The van der Waals surface area contributed by atoms with E-state index in [1.165, 1.54) is 70.6 Å². The van der Waals surface area contributed by atoms with Gasteiger partial charge >= 0.3 is 11.9 Å². The Balaban J connectivity index is 4.43. The average molecular weight is 640 g/mol. The Labute approximate surface area is 276 Å². The summed E-state index contributed by atoms with van der Waals surface area (Å²) in [5.74, 6) is -1.76. The van der Waals surface area contributed by atoms with E-state index in [0.717, 1.165) is 51.4 Å². The quantitative estimate of drug-likeness (QED) is 0.0326. The van der Waals surface area contributed by atoms with Gasteiger partial charge in [-0.3, -0.25) is 9.59 Å². The van der Waals surface area contributed by atoms with Crippen molar-refractivity contribution in [3.05, 3.63) is 12.2 Å². The standard InChI is InChI=1S/C37H69NO7/c1-6-8-10-12-14-16-17-18-19-20-22-23-25-27-35(39)44-32-33(31-43-30-29-34(37(41)42)38(3,4)5)45-36(40)28-26-24-21-15-13-11-9-7-2/h18-19,33-34H,6-17,20-32H2,1-5H3/b19-18+. The molecule has 0 aromatic heterocycles. The van der Waals surface area contributed by atoms with Gasteiger partial charge in [-0.05, 0) is 38.5 Å². The molecule has 0 heterocycles. The van der Waals surface area contributed by atoms with Gasteiger partial charge in [-0.25, -0.2) is 0 Å². The van der Waals surface area contributed by atoms with Crippen molar-refractivity contribution in [3.63, 3.8) is 0 Å². The first-order valence-electron chi connectivity index (χ1n) is 18.2. The molecule has 2 unspecified atom stereocenters. The van der Waals surface area contributed by atoms with Crippen LogP contribution in [0.5, 0.6) is 0 Å². The number of likely N-dealkylation sites (N-methyl/N-ethyl adjacent to an activating group) is 1. The van der Waals surface area contributed by atoms with Crippen LogP contribution >= 0.6 is 0 Å². The molecular formula is C37H69NO7. The zero-order valence-corrected chi connectivity index (χ0v) is 29.8. The fraction of sp³-hybridized carbons (Fsp3) is 0.865. The lowest BCUT2D eigenvalue weighted by Gasteiger charge is -2.34. The van der Waals surface area contributed by atoms with E-state index in [-0.39, 0.29) is 42.7 Å². The summed E-state index contributed by atoms with van der Waals surface area (Å²) in [6, 6.07) is -0.721. The minimum atomic E-state index is -1.13. The Morgan fingerprint density at radius 2 is 1.11 bits per heavy atom. The van der Waals surface area contributed by atoms with Crippen LogP contribution in [-0.2, 0) is 28.6 Å². The third kappa shape index (κ3) is 28.1. The summed E-state index contributed by atoms with van der Waals surface area (Å²) in [5.41, 5.74) is 0. The molecule has 0 aliphatic rings. The number of carboxylic acids is 1. The number of allylic oxidation sites excluding steroid dienone is 2. The molecule has 264 valence electrons. The van der Waals surface area contributed by atoms with Gasteiger partial charge in [0.2, 0.25) is 0 Å². The van der Waals surface area contributed by atoms with E-state index < -0.39 is 18.1 Å². The number of ether oxygens (including phenoxy) is 3. The van der Waals surface area contributed by atoms with Crippen molar-refractivity contribution >= 4 is 17.9 Å². The average Bonchev–Trinajstić information content (AvgIpc) is 2.98. The Kier molecular flexibility index (Phi) is 28.2. The smallest absolute Gasteiger partial charge is 0.306 e. The number of nitrogens with zero attached hydrogens (tertiary/aromatic N) is 1. The summed E-state index contributed by atoms with van der Waals surface area (Å²) in [6.07, 6.45) is 26.7. The monoisotopic (exact) mass is 640 g/mol. The predicted octanol–water partition coefficient (Wildman–Crippen LogP) is 7.46. The number of hydrogen-bond donors (Lipinski definition) is 0. The highest BCUT2D eigenvalue weighted by molar-refractivity contribution is 5.70. The van der Waals surface area contributed by atoms with E-state index in [2.05, 4.69) is 26.0 Å². The Morgan fingerprint density at radius 3 is 1.62 bits per heavy atom. The summed E-state index contributed by atoms with van der Waals surface area (Å²) < 4.78 is 17.0. The molecule has 0 saturated carbocycles. The fourth-order valence-corrected chi connectivity index (χ4v) is 5.24. The SMILES string of the molecule is CCCCCCCC/C=C/CCCCCC(=O)OCC(COCCC(C(=O)[O-])[N+](C)(C)C)OC(=O)CCCCCCCCCC. The van der Waals surface area contributed by atoms with E-state index in [1.807, 2.05) is 0 Å². The van der Waals surface area contributed by atoms with Crippen molar-refractivity contribution in [1.29, 1.82) is 0 Å². The molecule has 0 radical (unpaired) electrons. The third-order valence-corrected chi connectivity index (χ3v) is 8.15. The summed E-state index contributed by atoms with van der Waals surface area (Å²) in [4.78, 5) is 36.4. The second kappa shape index (κ2) is 29.5. The number of carbonyl (C=O) groups excluding carboxylic acids is 3. The number of hydrogen-bond acceptors (Lipinski definition) is 7. The van der Waals surface area contributed by atoms with Crippen molar-refractivity contribution in [1.82, 2.24) is 0 Å². The normalized spacial score (nSPS) is 13.2. The second-order valence-corrected chi connectivity index (χ2v) is 13.5. The van der Waals surface area contributed by atoms with E-state index in [9.17, 15) is 19.5 Å². The topological polar surface area (TPSA) is 102 Å². The van der Waals surface area contributed by atoms with Crippen LogP contribution in [0, 0.1) is 0 Å². The molecule has 8 heteroatoms. The first-order valence-corrected chi connectivity index (χ1v) is 18.2. The van der Waals surface area contributed by atoms with Crippen LogP contribution in [0.4, 0.5) is 0 Å². The van der Waals surface area contributed by atoms with Crippen LogP contribution in [0.3, 0.4) is 0 Å². The number of carbonyl (C=O) groups is 3. The van der Waals surface area contributed by atoms with E-state index >= 15 is 0 Å². The minimum Gasteiger partial charge on any atom is -0.544 e. The van der Waals surface area contributed by atoms with Crippen LogP contribution in [0.25, 0.3) is 0 Å².